The summed E-state index contributed by atoms with van der Waals surface area (Å²) in [4.78, 5) is 7.29. The maximum atomic E-state index is 5.77. The molecular weight excluding hydrogens is 200 g/mol. The number of H-pyrrole nitrogens is 1. The van der Waals surface area contributed by atoms with Gasteiger partial charge in [-0.05, 0) is 24.3 Å². The molecule has 0 bridgehead atoms. The highest BCUT2D eigenvalue weighted by Gasteiger charge is 2.04. The number of aromatic amines is 1. The van der Waals surface area contributed by atoms with Crippen LogP contribution in [0.15, 0.2) is 54.9 Å². The average Bonchev–Trinajstić information content (AvgIpc) is 2.80. The van der Waals surface area contributed by atoms with E-state index in [2.05, 4.69) is 9.97 Å². The summed E-state index contributed by atoms with van der Waals surface area (Å²) >= 11 is 0. The molecule has 0 saturated heterocycles. The molecule has 0 aliphatic rings. The quantitative estimate of drug-likeness (QED) is 0.704. The molecule has 0 aliphatic heterocycles. The molecule has 1 heterocycles. The first kappa shape index (κ1) is 8.97. The molecule has 0 amide bonds. The van der Waals surface area contributed by atoms with Crippen molar-refractivity contribution in [2.45, 2.75) is 0 Å². The Kier molecular flexibility index (Phi) is 2.07. The SMILES string of the molecule is c1ccc(Oc2cccc3[nH]cnc23)cc1. The van der Waals surface area contributed by atoms with Crippen molar-refractivity contribution in [2.24, 2.45) is 0 Å². The largest absolute Gasteiger partial charge is 0.455 e. The molecule has 3 rings (SSSR count). The molecule has 0 spiro atoms. The van der Waals surface area contributed by atoms with E-state index in [-0.39, 0.29) is 0 Å². The Morgan fingerprint density at radius 3 is 2.69 bits per heavy atom. The molecule has 0 unspecified atom stereocenters. The van der Waals surface area contributed by atoms with Crippen molar-refractivity contribution >= 4 is 11.0 Å². The molecular formula is C13H10N2O. The Hall–Kier alpha value is -2.29. The minimum atomic E-state index is 0.768. The number of hydrogen-bond acceptors (Lipinski definition) is 2. The number of nitrogens with zero attached hydrogens (tertiary/aromatic N) is 1. The Labute approximate surface area is 92.7 Å². The molecule has 0 atom stereocenters. The Morgan fingerprint density at radius 1 is 0.938 bits per heavy atom. The molecule has 3 heteroatoms. The van der Waals surface area contributed by atoms with Gasteiger partial charge in [-0.15, -0.1) is 0 Å². The third kappa shape index (κ3) is 1.52. The van der Waals surface area contributed by atoms with Gasteiger partial charge in [0.2, 0.25) is 0 Å². The van der Waals surface area contributed by atoms with Gasteiger partial charge in [-0.3, -0.25) is 0 Å². The number of rotatable bonds is 2. The number of imidazole rings is 1. The van der Waals surface area contributed by atoms with Gasteiger partial charge >= 0.3 is 0 Å². The van der Waals surface area contributed by atoms with Crippen LogP contribution in [0, 0.1) is 0 Å². The highest BCUT2D eigenvalue weighted by atomic mass is 16.5. The number of para-hydroxylation sites is 2. The molecule has 1 N–H and O–H groups in total. The Balaban J connectivity index is 2.04. The van der Waals surface area contributed by atoms with Crippen LogP contribution in [0.4, 0.5) is 0 Å². The molecule has 0 aliphatic carbocycles. The maximum Gasteiger partial charge on any atom is 0.155 e. The molecule has 3 aromatic rings. The summed E-state index contributed by atoms with van der Waals surface area (Å²) in [6.07, 6.45) is 1.67. The van der Waals surface area contributed by atoms with E-state index in [1.165, 1.54) is 0 Å². The first-order valence-electron chi connectivity index (χ1n) is 5.08. The lowest BCUT2D eigenvalue weighted by molar-refractivity contribution is 0.487. The van der Waals surface area contributed by atoms with Gasteiger partial charge in [0.15, 0.2) is 5.75 Å². The van der Waals surface area contributed by atoms with Crippen molar-refractivity contribution < 1.29 is 4.74 Å². The van der Waals surface area contributed by atoms with Crippen LogP contribution in [-0.2, 0) is 0 Å². The number of hydrogen-bond donors (Lipinski definition) is 1. The van der Waals surface area contributed by atoms with Crippen molar-refractivity contribution in [3.63, 3.8) is 0 Å². The third-order valence-corrected chi connectivity index (χ3v) is 2.38. The summed E-state index contributed by atoms with van der Waals surface area (Å²) in [6.45, 7) is 0. The van der Waals surface area contributed by atoms with Crippen LogP contribution < -0.4 is 4.74 Å². The van der Waals surface area contributed by atoms with E-state index in [0.717, 1.165) is 22.5 Å². The summed E-state index contributed by atoms with van der Waals surface area (Å²) in [5, 5.41) is 0. The second-order valence-corrected chi connectivity index (χ2v) is 3.47. The smallest absolute Gasteiger partial charge is 0.155 e. The minimum Gasteiger partial charge on any atom is -0.455 e. The first-order chi connectivity index (χ1) is 7.93. The van der Waals surface area contributed by atoms with Gasteiger partial charge in [-0.1, -0.05) is 24.3 Å². The first-order valence-corrected chi connectivity index (χ1v) is 5.08. The topological polar surface area (TPSA) is 37.9 Å². The predicted octanol–water partition coefficient (Wildman–Crippen LogP) is 3.36. The fraction of sp³-hybridized carbons (Fsp3) is 0. The second-order valence-electron chi connectivity index (χ2n) is 3.47. The van der Waals surface area contributed by atoms with Crippen LogP contribution in [0.1, 0.15) is 0 Å². The van der Waals surface area contributed by atoms with Crippen molar-refractivity contribution in [1.29, 1.82) is 0 Å². The van der Waals surface area contributed by atoms with Crippen LogP contribution in [0.25, 0.3) is 11.0 Å². The van der Waals surface area contributed by atoms with Gasteiger partial charge < -0.3 is 9.72 Å². The van der Waals surface area contributed by atoms with E-state index in [0.29, 0.717) is 0 Å². The van der Waals surface area contributed by atoms with Crippen molar-refractivity contribution in [1.82, 2.24) is 9.97 Å². The molecule has 78 valence electrons. The summed E-state index contributed by atoms with van der Waals surface area (Å²) in [6, 6.07) is 15.5. The summed E-state index contributed by atoms with van der Waals surface area (Å²) < 4.78 is 5.77. The van der Waals surface area contributed by atoms with Crippen molar-refractivity contribution in [2.75, 3.05) is 0 Å². The molecule has 16 heavy (non-hydrogen) atoms. The highest BCUT2D eigenvalue weighted by Crippen LogP contribution is 2.27. The summed E-state index contributed by atoms with van der Waals surface area (Å²) in [7, 11) is 0. The zero-order valence-electron chi connectivity index (χ0n) is 8.55. The normalized spacial score (nSPS) is 10.5. The Morgan fingerprint density at radius 2 is 1.81 bits per heavy atom. The average molecular weight is 210 g/mol. The van der Waals surface area contributed by atoms with Crippen molar-refractivity contribution in [3.8, 4) is 11.5 Å². The number of fused-ring (bicyclic) bond motifs is 1. The summed E-state index contributed by atoms with van der Waals surface area (Å²) in [5.41, 5.74) is 1.83. The van der Waals surface area contributed by atoms with E-state index >= 15 is 0 Å². The van der Waals surface area contributed by atoms with Gasteiger partial charge in [0, 0.05) is 0 Å². The van der Waals surface area contributed by atoms with Crippen LogP contribution in [0.2, 0.25) is 0 Å². The Bertz CT molecular complexity index is 601. The number of ether oxygens (including phenoxy) is 1. The fourth-order valence-corrected chi connectivity index (χ4v) is 1.64. The second kappa shape index (κ2) is 3.70. The molecule has 1 aromatic heterocycles. The molecule has 3 nitrogen and oxygen atoms in total. The number of aromatic nitrogens is 2. The zero-order valence-corrected chi connectivity index (χ0v) is 8.55. The maximum absolute atomic E-state index is 5.77. The van der Waals surface area contributed by atoms with Gasteiger partial charge in [0.25, 0.3) is 0 Å². The van der Waals surface area contributed by atoms with Gasteiger partial charge in [0.1, 0.15) is 11.3 Å². The lowest BCUT2D eigenvalue weighted by Gasteiger charge is -2.05. The van der Waals surface area contributed by atoms with E-state index in [9.17, 15) is 0 Å². The predicted molar refractivity (Wildman–Crippen MR) is 62.6 cm³/mol. The van der Waals surface area contributed by atoms with Crippen LogP contribution >= 0.6 is 0 Å². The third-order valence-electron chi connectivity index (χ3n) is 2.38. The highest BCUT2D eigenvalue weighted by molar-refractivity contribution is 5.81. The van der Waals surface area contributed by atoms with Gasteiger partial charge in [-0.25, -0.2) is 4.98 Å². The van der Waals surface area contributed by atoms with E-state index < -0.39 is 0 Å². The lowest BCUT2D eigenvalue weighted by Crippen LogP contribution is -1.84. The molecule has 0 saturated carbocycles. The number of nitrogens with one attached hydrogen (secondary N) is 1. The summed E-state index contributed by atoms with van der Waals surface area (Å²) in [5.74, 6) is 1.59. The van der Waals surface area contributed by atoms with Crippen molar-refractivity contribution in [3.05, 3.63) is 54.9 Å². The molecule has 2 aromatic carbocycles. The van der Waals surface area contributed by atoms with Crippen LogP contribution in [-0.4, -0.2) is 9.97 Å². The van der Waals surface area contributed by atoms with E-state index in [1.807, 2.05) is 48.5 Å². The van der Waals surface area contributed by atoms with Crippen LogP contribution in [0.3, 0.4) is 0 Å². The van der Waals surface area contributed by atoms with Gasteiger partial charge in [0.05, 0.1) is 11.8 Å². The van der Waals surface area contributed by atoms with E-state index in [1.54, 1.807) is 6.33 Å². The van der Waals surface area contributed by atoms with Crippen LogP contribution in [0.5, 0.6) is 11.5 Å². The fourth-order valence-electron chi connectivity index (χ4n) is 1.64. The standard InChI is InChI=1S/C13H10N2O/c1-2-5-10(6-3-1)16-12-8-4-7-11-13(12)15-9-14-11/h1-9H,(H,14,15). The minimum absolute atomic E-state index is 0.768. The van der Waals surface area contributed by atoms with E-state index in [4.69, 9.17) is 4.74 Å². The molecule has 0 fully saturated rings. The van der Waals surface area contributed by atoms with Gasteiger partial charge in [-0.2, -0.15) is 0 Å². The number of benzene rings is 2. The monoisotopic (exact) mass is 210 g/mol. The molecule has 0 radical (unpaired) electrons. The zero-order chi connectivity index (χ0) is 10.8. The lowest BCUT2D eigenvalue weighted by atomic mass is 10.3.